The van der Waals surface area contributed by atoms with Crippen LogP contribution in [0.2, 0.25) is 0 Å². The SMILES string of the molecule is CCC(C)[C@H](N)C(=O)N(C)Cc1ccccn1. The Kier molecular flexibility index (Phi) is 5.10. The molecule has 0 saturated carbocycles. The highest BCUT2D eigenvalue weighted by Gasteiger charge is 2.22. The summed E-state index contributed by atoms with van der Waals surface area (Å²) in [6.07, 6.45) is 2.63. The lowest BCUT2D eigenvalue weighted by Gasteiger charge is -2.24. The molecule has 1 aromatic rings. The molecule has 4 nitrogen and oxygen atoms in total. The quantitative estimate of drug-likeness (QED) is 0.839. The fourth-order valence-electron chi connectivity index (χ4n) is 1.56. The number of carbonyl (C=O) groups excluding carboxylic acids is 1. The van der Waals surface area contributed by atoms with Crippen molar-refractivity contribution >= 4 is 5.91 Å². The van der Waals surface area contributed by atoms with Crippen LogP contribution in [0, 0.1) is 5.92 Å². The van der Waals surface area contributed by atoms with Crippen molar-refractivity contribution in [3.63, 3.8) is 0 Å². The number of pyridine rings is 1. The first-order chi connectivity index (χ1) is 8.06. The van der Waals surface area contributed by atoms with Crippen LogP contribution in [-0.2, 0) is 11.3 Å². The third-order valence-corrected chi connectivity index (χ3v) is 3.04. The number of nitrogens with two attached hydrogens (primary N) is 1. The van der Waals surface area contributed by atoms with Gasteiger partial charge >= 0.3 is 0 Å². The highest BCUT2D eigenvalue weighted by atomic mass is 16.2. The molecule has 1 rings (SSSR count). The van der Waals surface area contributed by atoms with Crippen LogP contribution in [-0.4, -0.2) is 28.9 Å². The van der Waals surface area contributed by atoms with E-state index in [-0.39, 0.29) is 11.8 Å². The zero-order chi connectivity index (χ0) is 12.8. The summed E-state index contributed by atoms with van der Waals surface area (Å²) in [7, 11) is 1.76. The van der Waals surface area contributed by atoms with Crippen LogP contribution in [0.15, 0.2) is 24.4 Å². The predicted molar refractivity (Wildman–Crippen MR) is 68.1 cm³/mol. The van der Waals surface area contributed by atoms with Gasteiger partial charge in [0.1, 0.15) is 0 Å². The topological polar surface area (TPSA) is 59.2 Å². The molecule has 2 N–H and O–H groups in total. The molecule has 0 bridgehead atoms. The van der Waals surface area contributed by atoms with E-state index < -0.39 is 6.04 Å². The lowest BCUT2D eigenvalue weighted by molar-refractivity contribution is -0.133. The predicted octanol–water partition coefficient (Wildman–Crippen LogP) is 1.41. The largest absolute Gasteiger partial charge is 0.339 e. The molecule has 1 unspecified atom stereocenters. The summed E-state index contributed by atoms with van der Waals surface area (Å²) < 4.78 is 0. The van der Waals surface area contributed by atoms with E-state index in [1.54, 1.807) is 18.1 Å². The van der Waals surface area contributed by atoms with E-state index in [9.17, 15) is 4.79 Å². The molecule has 0 radical (unpaired) electrons. The smallest absolute Gasteiger partial charge is 0.239 e. The third-order valence-electron chi connectivity index (χ3n) is 3.04. The summed E-state index contributed by atoms with van der Waals surface area (Å²) >= 11 is 0. The van der Waals surface area contributed by atoms with Crippen molar-refractivity contribution in [1.29, 1.82) is 0 Å². The Morgan fingerprint density at radius 3 is 2.76 bits per heavy atom. The normalized spacial score (nSPS) is 14.1. The maximum Gasteiger partial charge on any atom is 0.239 e. The van der Waals surface area contributed by atoms with Gasteiger partial charge in [-0.1, -0.05) is 26.3 Å². The average molecular weight is 235 g/mol. The van der Waals surface area contributed by atoms with Crippen LogP contribution >= 0.6 is 0 Å². The molecule has 0 aliphatic heterocycles. The Bertz CT molecular complexity index is 353. The number of amides is 1. The van der Waals surface area contributed by atoms with Crippen LogP contribution < -0.4 is 5.73 Å². The van der Waals surface area contributed by atoms with Gasteiger partial charge in [0.15, 0.2) is 0 Å². The van der Waals surface area contributed by atoms with Gasteiger partial charge in [0.25, 0.3) is 0 Å². The molecule has 1 heterocycles. The first-order valence-electron chi connectivity index (χ1n) is 5.96. The van der Waals surface area contributed by atoms with Gasteiger partial charge in [-0.15, -0.1) is 0 Å². The van der Waals surface area contributed by atoms with Crippen molar-refractivity contribution in [3.05, 3.63) is 30.1 Å². The van der Waals surface area contributed by atoms with E-state index in [1.165, 1.54) is 0 Å². The van der Waals surface area contributed by atoms with E-state index in [0.717, 1.165) is 12.1 Å². The molecule has 0 fully saturated rings. The van der Waals surface area contributed by atoms with Crippen molar-refractivity contribution in [3.8, 4) is 0 Å². The lowest BCUT2D eigenvalue weighted by Crippen LogP contribution is -2.45. The highest BCUT2D eigenvalue weighted by Crippen LogP contribution is 2.09. The fraction of sp³-hybridized carbons (Fsp3) is 0.538. The second-order valence-electron chi connectivity index (χ2n) is 4.43. The van der Waals surface area contributed by atoms with Crippen LogP contribution in [0.3, 0.4) is 0 Å². The van der Waals surface area contributed by atoms with Gasteiger partial charge in [-0.3, -0.25) is 9.78 Å². The van der Waals surface area contributed by atoms with Gasteiger partial charge in [0, 0.05) is 13.2 Å². The van der Waals surface area contributed by atoms with Crippen molar-refractivity contribution < 1.29 is 4.79 Å². The number of rotatable bonds is 5. The molecule has 17 heavy (non-hydrogen) atoms. The zero-order valence-electron chi connectivity index (χ0n) is 10.8. The van der Waals surface area contributed by atoms with E-state index in [1.807, 2.05) is 32.0 Å². The molecule has 1 amide bonds. The minimum Gasteiger partial charge on any atom is -0.339 e. The zero-order valence-corrected chi connectivity index (χ0v) is 10.8. The van der Waals surface area contributed by atoms with Crippen LogP contribution in [0.25, 0.3) is 0 Å². The van der Waals surface area contributed by atoms with E-state index in [2.05, 4.69) is 4.98 Å². The summed E-state index contributed by atoms with van der Waals surface area (Å²) in [4.78, 5) is 17.8. The van der Waals surface area contributed by atoms with Crippen molar-refractivity contribution in [2.45, 2.75) is 32.9 Å². The Hall–Kier alpha value is -1.42. The number of hydrogen-bond donors (Lipinski definition) is 1. The first-order valence-corrected chi connectivity index (χ1v) is 5.96. The number of aromatic nitrogens is 1. The molecule has 0 aliphatic carbocycles. The van der Waals surface area contributed by atoms with Gasteiger partial charge in [0.05, 0.1) is 18.3 Å². The molecule has 2 atom stereocenters. The van der Waals surface area contributed by atoms with Crippen molar-refractivity contribution in [2.24, 2.45) is 11.7 Å². The highest BCUT2D eigenvalue weighted by molar-refractivity contribution is 5.81. The summed E-state index contributed by atoms with van der Waals surface area (Å²) in [6, 6.07) is 5.25. The van der Waals surface area contributed by atoms with E-state index in [0.29, 0.717) is 6.54 Å². The maximum atomic E-state index is 12.0. The summed E-state index contributed by atoms with van der Waals surface area (Å²) in [5.74, 6) is 0.179. The minimum atomic E-state index is -0.422. The monoisotopic (exact) mass is 235 g/mol. The van der Waals surface area contributed by atoms with E-state index >= 15 is 0 Å². The third kappa shape index (κ3) is 3.82. The molecule has 0 aromatic carbocycles. The van der Waals surface area contributed by atoms with Crippen LogP contribution in [0.5, 0.6) is 0 Å². The Morgan fingerprint density at radius 2 is 2.24 bits per heavy atom. The Balaban J connectivity index is 2.58. The minimum absolute atomic E-state index is 0.0231. The second kappa shape index (κ2) is 6.35. The van der Waals surface area contributed by atoms with Crippen LogP contribution in [0.1, 0.15) is 26.0 Å². The maximum absolute atomic E-state index is 12.0. The lowest BCUT2D eigenvalue weighted by atomic mass is 9.99. The Labute approximate surface area is 103 Å². The molecule has 0 aliphatic rings. The number of hydrogen-bond acceptors (Lipinski definition) is 3. The molecule has 1 aromatic heterocycles. The van der Waals surface area contributed by atoms with E-state index in [4.69, 9.17) is 5.73 Å². The number of likely N-dealkylation sites (N-methyl/N-ethyl adjacent to an activating group) is 1. The number of nitrogens with zero attached hydrogens (tertiary/aromatic N) is 2. The van der Waals surface area contributed by atoms with Gasteiger partial charge in [0.2, 0.25) is 5.91 Å². The van der Waals surface area contributed by atoms with Gasteiger partial charge < -0.3 is 10.6 Å². The van der Waals surface area contributed by atoms with Gasteiger partial charge in [-0.05, 0) is 18.1 Å². The molecular formula is C13H21N3O. The summed E-state index contributed by atoms with van der Waals surface area (Å²) in [6.45, 7) is 4.54. The molecule has 94 valence electrons. The number of carbonyl (C=O) groups is 1. The van der Waals surface area contributed by atoms with Gasteiger partial charge in [-0.2, -0.15) is 0 Å². The standard InChI is InChI=1S/C13H21N3O/c1-4-10(2)12(14)13(17)16(3)9-11-7-5-6-8-15-11/h5-8,10,12H,4,9,14H2,1-3H3/t10?,12-/m0/s1. The summed E-state index contributed by atoms with van der Waals surface area (Å²) in [5, 5.41) is 0. The molecule has 0 saturated heterocycles. The summed E-state index contributed by atoms with van der Waals surface area (Å²) in [5.41, 5.74) is 6.79. The van der Waals surface area contributed by atoms with Crippen molar-refractivity contribution in [2.75, 3.05) is 7.05 Å². The molecular weight excluding hydrogens is 214 g/mol. The van der Waals surface area contributed by atoms with Gasteiger partial charge in [-0.25, -0.2) is 0 Å². The Morgan fingerprint density at radius 1 is 1.53 bits per heavy atom. The molecule has 4 heteroatoms. The first kappa shape index (κ1) is 13.6. The second-order valence-corrected chi connectivity index (χ2v) is 4.43. The van der Waals surface area contributed by atoms with Crippen LogP contribution in [0.4, 0.5) is 0 Å². The average Bonchev–Trinajstić information content (AvgIpc) is 2.37. The van der Waals surface area contributed by atoms with Crippen molar-refractivity contribution in [1.82, 2.24) is 9.88 Å². The molecule has 0 spiro atoms. The fourth-order valence-corrected chi connectivity index (χ4v) is 1.56.